The molecule has 0 fully saturated rings. The van der Waals surface area contributed by atoms with E-state index in [4.69, 9.17) is 4.98 Å². The molecule has 0 spiro atoms. The van der Waals surface area contributed by atoms with Crippen LogP contribution in [0.5, 0.6) is 0 Å². The van der Waals surface area contributed by atoms with Crippen LogP contribution in [0.15, 0.2) is 76.7 Å². The van der Waals surface area contributed by atoms with E-state index in [2.05, 4.69) is 26.1 Å². The number of hydrogen-bond acceptors (Lipinski definition) is 4. The summed E-state index contributed by atoms with van der Waals surface area (Å²) in [5.74, 6) is -0.0143. The summed E-state index contributed by atoms with van der Waals surface area (Å²) in [6.07, 6.45) is 0. The number of aromatic nitrogens is 2. The fourth-order valence-corrected chi connectivity index (χ4v) is 4.66. The molecular formula is C28H29N3O2S. The number of benzene rings is 3. The van der Waals surface area contributed by atoms with Crippen molar-refractivity contribution in [3.63, 3.8) is 0 Å². The van der Waals surface area contributed by atoms with E-state index in [0.29, 0.717) is 16.1 Å². The van der Waals surface area contributed by atoms with Gasteiger partial charge in [-0.3, -0.25) is 14.2 Å². The topological polar surface area (TPSA) is 64.0 Å². The molecule has 0 bridgehead atoms. The van der Waals surface area contributed by atoms with E-state index in [-0.39, 0.29) is 22.6 Å². The summed E-state index contributed by atoms with van der Waals surface area (Å²) in [6.45, 7) is 10.5. The molecule has 1 heterocycles. The predicted molar refractivity (Wildman–Crippen MR) is 141 cm³/mol. The maximum absolute atomic E-state index is 13.4. The molecule has 0 radical (unpaired) electrons. The first-order valence-electron chi connectivity index (χ1n) is 11.3. The monoisotopic (exact) mass is 471 g/mol. The summed E-state index contributed by atoms with van der Waals surface area (Å²) in [4.78, 5) is 30.9. The van der Waals surface area contributed by atoms with Gasteiger partial charge in [-0.25, -0.2) is 4.98 Å². The molecule has 6 heteroatoms. The van der Waals surface area contributed by atoms with Crippen LogP contribution in [0.4, 0.5) is 5.69 Å². The molecule has 0 aliphatic heterocycles. The number of hydrogen-bond donors (Lipinski definition) is 1. The summed E-state index contributed by atoms with van der Waals surface area (Å²) in [6, 6.07) is 21.2. The predicted octanol–water partition coefficient (Wildman–Crippen LogP) is 6.03. The minimum absolute atomic E-state index is 0.0535. The van der Waals surface area contributed by atoms with Gasteiger partial charge in [-0.1, -0.05) is 74.5 Å². The highest BCUT2D eigenvalue weighted by molar-refractivity contribution is 7.99. The number of nitrogens with zero attached hydrogens (tertiary/aromatic N) is 2. The Morgan fingerprint density at radius 3 is 2.38 bits per heavy atom. The normalized spacial score (nSPS) is 11.6. The standard InChI is InChI=1S/C28H29N3O2S/c1-18-10-15-24(19(2)16-18)31-26(33)22-8-6-7-9-23(22)30-27(31)34-17-25(32)29-21-13-11-20(12-14-21)28(3,4)5/h6-16H,17H2,1-5H3,(H,29,32). The summed E-state index contributed by atoms with van der Waals surface area (Å²) in [7, 11) is 0. The molecule has 1 aromatic heterocycles. The highest BCUT2D eigenvalue weighted by Gasteiger charge is 2.17. The van der Waals surface area contributed by atoms with Crippen molar-refractivity contribution in [1.29, 1.82) is 0 Å². The minimum atomic E-state index is -0.150. The number of para-hydroxylation sites is 1. The fraction of sp³-hybridized carbons (Fsp3) is 0.250. The first-order valence-corrected chi connectivity index (χ1v) is 12.2. The van der Waals surface area contributed by atoms with E-state index < -0.39 is 0 Å². The van der Waals surface area contributed by atoms with E-state index in [9.17, 15) is 9.59 Å². The number of fused-ring (bicyclic) bond motifs is 1. The second-order valence-electron chi connectivity index (χ2n) is 9.51. The Hall–Kier alpha value is -3.38. The molecule has 4 rings (SSSR count). The van der Waals surface area contributed by atoms with E-state index in [1.54, 1.807) is 10.6 Å². The number of rotatable bonds is 5. The van der Waals surface area contributed by atoms with E-state index in [1.807, 2.05) is 74.5 Å². The third-order valence-corrected chi connectivity index (χ3v) is 6.64. The molecule has 4 aromatic rings. The van der Waals surface area contributed by atoms with E-state index >= 15 is 0 Å². The highest BCUT2D eigenvalue weighted by atomic mass is 32.2. The molecule has 1 N–H and O–H groups in total. The van der Waals surface area contributed by atoms with Gasteiger partial charge in [-0.15, -0.1) is 0 Å². The van der Waals surface area contributed by atoms with Crippen molar-refractivity contribution in [1.82, 2.24) is 9.55 Å². The third kappa shape index (κ3) is 5.07. The third-order valence-electron chi connectivity index (χ3n) is 5.71. The summed E-state index contributed by atoms with van der Waals surface area (Å²) in [5, 5.41) is 3.99. The lowest BCUT2D eigenvalue weighted by molar-refractivity contribution is -0.113. The smallest absolute Gasteiger partial charge is 0.266 e. The molecule has 5 nitrogen and oxygen atoms in total. The van der Waals surface area contributed by atoms with E-state index in [0.717, 1.165) is 22.5 Å². The van der Waals surface area contributed by atoms with Gasteiger partial charge in [0.1, 0.15) is 0 Å². The molecule has 0 saturated heterocycles. The lowest BCUT2D eigenvalue weighted by Gasteiger charge is -2.19. The van der Waals surface area contributed by atoms with Crippen LogP contribution in [0.25, 0.3) is 16.6 Å². The number of carbonyl (C=O) groups is 1. The van der Waals surface area contributed by atoms with Gasteiger partial charge in [0.25, 0.3) is 5.56 Å². The van der Waals surface area contributed by atoms with Crippen molar-refractivity contribution >= 4 is 34.3 Å². The highest BCUT2D eigenvalue weighted by Crippen LogP contribution is 2.25. The molecule has 0 atom stereocenters. The van der Waals surface area contributed by atoms with Gasteiger partial charge in [-0.2, -0.15) is 0 Å². The summed E-state index contributed by atoms with van der Waals surface area (Å²) in [5.41, 5.74) is 5.35. The van der Waals surface area contributed by atoms with Crippen molar-refractivity contribution in [2.45, 2.75) is 45.2 Å². The SMILES string of the molecule is Cc1ccc(-n2c(SCC(=O)Nc3ccc(C(C)(C)C)cc3)nc3ccccc3c2=O)c(C)c1. The molecule has 34 heavy (non-hydrogen) atoms. The van der Waals surface area contributed by atoms with Crippen LogP contribution in [0.2, 0.25) is 0 Å². The van der Waals surface area contributed by atoms with Crippen LogP contribution in [-0.4, -0.2) is 21.2 Å². The number of aryl methyl sites for hydroxylation is 2. The Labute approximate surface area is 204 Å². The summed E-state index contributed by atoms with van der Waals surface area (Å²) < 4.78 is 1.62. The second-order valence-corrected chi connectivity index (χ2v) is 10.4. The Morgan fingerprint density at radius 2 is 1.71 bits per heavy atom. The number of nitrogens with one attached hydrogen (secondary N) is 1. The number of thioether (sulfide) groups is 1. The molecule has 0 saturated carbocycles. The van der Waals surface area contributed by atoms with Gasteiger partial charge in [0.05, 0.1) is 22.3 Å². The molecule has 0 aliphatic rings. The molecule has 1 amide bonds. The van der Waals surface area contributed by atoms with Gasteiger partial charge < -0.3 is 5.32 Å². The van der Waals surface area contributed by atoms with Crippen molar-refractivity contribution in [2.75, 3.05) is 11.1 Å². The average Bonchev–Trinajstić information content (AvgIpc) is 2.78. The van der Waals surface area contributed by atoms with Crippen molar-refractivity contribution in [2.24, 2.45) is 0 Å². The zero-order valence-electron chi connectivity index (χ0n) is 20.2. The average molecular weight is 472 g/mol. The first-order chi connectivity index (χ1) is 16.1. The van der Waals surface area contributed by atoms with Gasteiger partial charge >= 0.3 is 0 Å². The van der Waals surface area contributed by atoms with Crippen LogP contribution in [0.3, 0.4) is 0 Å². The van der Waals surface area contributed by atoms with Crippen LogP contribution in [-0.2, 0) is 10.2 Å². The maximum Gasteiger partial charge on any atom is 0.266 e. The van der Waals surface area contributed by atoms with Gasteiger partial charge in [0.15, 0.2) is 5.16 Å². The Balaban J connectivity index is 1.62. The number of amides is 1. The number of carbonyl (C=O) groups excluding carboxylic acids is 1. The van der Waals surface area contributed by atoms with Crippen LogP contribution >= 0.6 is 11.8 Å². The second kappa shape index (κ2) is 9.47. The van der Waals surface area contributed by atoms with Crippen LogP contribution < -0.4 is 10.9 Å². The quantitative estimate of drug-likeness (QED) is 0.285. The van der Waals surface area contributed by atoms with E-state index in [1.165, 1.54) is 17.3 Å². The molecule has 3 aromatic carbocycles. The van der Waals surface area contributed by atoms with Gasteiger partial charge in [-0.05, 0) is 60.7 Å². The van der Waals surface area contributed by atoms with Crippen molar-refractivity contribution in [3.8, 4) is 5.69 Å². The van der Waals surface area contributed by atoms with Crippen LogP contribution in [0, 0.1) is 13.8 Å². The van der Waals surface area contributed by atoms with Gasteiger partial charge in [0, 0.05) is 5.69 Å². The molecule has 0 unspecified atom stereocenters. The number of anilines is 1. The first kappa shape index (κ1) is 23.8. The van der Waals surface area contributed by atoms with Crippen molar-refractivity contribution < 1.29 is 4.79 Å². The Bertz CT molecular complexity index is 1420. The molecule has 0 aliphatic carbocycles. The Kier molecular flexibility index (Phi) is 6.62. The maximum atomic E-state index is 13.4. The Morgan fingerprint density at radius 1 is 1.00 bits per heavy atom. The fourth-order valence-electron chi connectivity index (χ4n) is 3.86. The lowest BCUT2D eigenvalue weighted by Crippen LogP contribution is -2.23. The van der Waals surface area contributed by atoms with Crippen molar-refractivity contribution in [3.05, 3.63) is 93.8 Å². The van der Waals surface area contributed by atoms with Crippen LogP contribution in [0.1, 0.15) is 37.5 Å². The summed E-state index contributed by atoms with van der Waals surface area (Å²) >= 11 is 1.26. The zero-order chi connectivity index (χ0) is 24.5. The minimum Gasteiger partial charge on any atom is -0.325 e. The largest absolute Gasteiger partial charge is 0.325 e. The zero-order valence-corrected chi connectivity index (χ0v) is 21.0. The lowest BCUT2D eigenvalue weighted by atomic mass is 9.87. The molecular weight excluding hydrogens is 442 g/mol. The molecule has 174 valence electrons. The van der Waals surface area contributed by atoms with Gasteiger partial charge in [0.2, 0.25) is 5.91 Å².